The van der Waals surface area contributed by atoms with Crippen molar-refractivity contribution in [2.45, 2.75) is 99.8 Å². The number of rotatable bonds is 8. The van der Waals surface area contributed by atoms with Crippen LogP contribution in [0.25, 0.3) is 10.4 Å². The van der Waals surface area contributed by atoms with E-state index in [1.165, 1.54) is 4.88 Å². The molecule has 9 nitrogen and oxygen atoms in total. The highest BCUT2D eigenvalue weighted by atomic mass is 32.1. The lowest BCUT2D eigenvalue weighted by atomic mass is 9.93. The maximum atomic E-state index is 12.5. The Bertz CT molecular complexity index is 1270. The van der Waals surface area contributed by atoms with Gasteiger partial charge >= 0.3 is 0 Å². The van der Waals surface area contributed by atoms with E-state index in [2.05, 4.69) is 76.4 Å². The van der Waals surface area contributed by atoms with Crippen molar-refractivity contribution in [3.63, 3.8) is 0 Å². The van der Waals surface area contributed by atoms with Crippen LogP contribution in [0.4, 0.5) is 5.82 Å². The highest BCUT2D eigenvalue weighted by molar-refractivity contribution is 7.13. The van der Waals surface area contributed by atoms with Gasteiger partial charge in [0.2, 0.25) is 5.91 Å². The Kier molecular flexibility index (Phi) is 20.1. The second-order valence-corrected chi connectivity index (χ2v) is 12.0. The Morgan fingerprint density at radius 1 is 1.11 bits per heavy atom. The predicted molar refractivity (Wildman–Crippen MR) is 199 cm³/mol. The number of aryl methyl sites for hydroxylation is 1. The third-order valence-corrected chi connectivity index (χ3v) is 8.97. The van der Waals surface area contributed by atoms with Crippen LogP contribution in [0.3, 0.4) is 0 Å². The van der Waals surface area contributed by atoms with Crippen molar-refractivity contribution in [3.05, 3.63) is 65.5 Å². The molecule has 3 N–H and O–H groups in total. The first-order valence-electron chi connectivity index (χ1n) is 17.4. The number of benzene rings is 1. The molecule has 1 aromatic carbocycles. The number of nitrogens with zero attached hydrogens (tertiary/aromatic N) is 4. The minimum atomic E-state index is -0.426. The Morgan fingerprint density at radius 3 is 2.21 bits per heavy atom. The van der Waals surface area contributed by atoms with Crippen LogP contribution in [0.5, 0.6) is 0 Å². The molecule has 264 valence electrons. The van der Waals surface area contributed by atoms with Crippen LogP contribution in [0.2, 0.25) is 0 Å². The van der Waals surface area contributed by atoms with Crippen molar-refractivity contribution in [2.24, 2.45) is 5.92 Å². The maximum Gasteiger partial charge on any atom is 0.240 e. The van der Waals surface area contributed by atoms with Crippen molar-refractivity contribution < 1.29 is 14.4 Å². The Balaban J connectivity index is 0.000000422. The van der Waals surface area contributed by atoms with E-state index in [1.807, 2.05) is 74.0 Å². The van der Waals surface area contributed by atoms with Gasteiger partial charge < -0.3 is 30.1 Å². The summed E-state index contributed by atoms with van der Waals surface area (Å²) >= 11 is 1.64. The van der Waals surface area contributed by atoms with Crippen LogP contribution < -0.4 is 15.5 Å². The highest BCUT2D eigenvalue weighted by Gasteiger charge is 2.32. The Morgan fingerprint density at radius 2 is 1.72 bits per heavy atom. The van der Waals surface area contributed by atoms with Crippen molar-refractivity contribution in [1.29, 1.82) is 0 Å². The monoisotopic (exact) mass is 670 g/mol. The number of nitrogens with one attached hydrogen (secondary N) is 2. The Labute approximate surface area is 288 Å². The van der Waals surface area contributed by atoms with Crippen LogP contribution in [-0.4, -0.2) is 78.0 Å². The minimum absolute atomic E-state index is 0.0198. The third kappa shape index (κ3) is 12.2. The summed E-state index contributed by atoms with van der Waals surface area (Å²) < 4.78 is 5.45. The molecule has 2 unspecified atom stereocenters. The molecule has 0 bridgehead atoms. The smallest absolute Gasteiger partial charge is 0.240 e. The van der Waals surface area contributed by atoms with Gasteiger partial charge in [0.1, 0.15) is 5.76 Å². The number of aliphatic hydroxyl groups is 1. The zero-order valence-electron chi connectivity index (χ0n) is 30.8. The average molecular weight is 671 g/mol. The van der Waals surface area contributed by atoms with Gasteiger partial charge in [-0.3, -0.25) is 4.79 Å². The van der Waals surface area contributed by atoms with Crippen molar-refractivity contribution in [2.75, 3.05) is 44.7 Å². The molecule has 2 fully saturated rings. The number of allylic oxidation sites excluding steroid dienone is 1. The van der Waals surface area contributed by atoms with Gasteiger partial charge in [-0.1, -0.05) is 90.9 Å². The molecule has 2 saturated heterocycles. The second kappa shape index (κ2) is 22.5. The van der Waals surface area contributed by atoms with Gasteiger partial charge in [-0.25, -0.2) is 4.98 Å². The summed E-state index contributed by atoms with van der Waals surface area (Å²) in [6.45, 7) is 28.7. The molecule has 4 atom stereocenters. The number of amides is 1. The molecular formula is C37H62N6O3S. The minimum Gasteiger partial charge on any atom is -0.392 e. The number of aliphatic hydroxyl groups excluding tert-OH is 1. The van der Waals surface area contributed by atoms with Crippen LogP contribution >= 0.6 is 11.3 Å². The number of thiazole rings is 1. The van der Waals surface area contributed by atoms with Crippen LogP contribution in [-0.2, 0) is 4.79 Å². The first kappa shape index (κ1) is 42.0. The fourth-order valence-corrected chi connectivity index (χ4v) is 6.07. The number of aromatic nitrogens is 2. The molecular weight excluding hydrogens is 609 g/mol. The molecule has 0 saturated carbocycles. The lowest BCUT2D eigenvalue weighted by Crippen LogP contribution is -2.43. The number of anilines is 1. The fourth-order valence-electron chi connectivity index (χ4n) is 5.25. The number of β-amino-alcohol motifs (C(OH)–C–C–N with tert-alkyl or cyclic N) is 1. The van der Waals surface area contributed by atoms with Crippen molar-refractivity contribution in [1.82, 2.24) is 25.7 Å². The summed E-state index contributed by atoms with van der Waals surface area (Å²) in [4.78, 5) is 22.0. The molecule has 0 radical (unpaired) electrons. The molecule has 0 spiro atoms. The summed E-state index contributed by atoms with van der Waals surface area (Å²) in [5, 5.41) is 20.2. The van der Waals surface area contributed by atoms with Gasteiger partial charge in [-0.05, 0) is 37.3 Å². The van der Waals surface area contributed by atoms with Crippen LogP contribution in [0, 0.1) is 12.8 Å². The van der Waals surface area contributed by atoms with E-state index in [1.54, 1.807) is 16.2 Å². The van der Waals surface area contributed by atoms with Gasteiger partial charge in [-0.15, -0.1) is 17.9 Å². The Hall–Kier alpha value is -3.05. The fraction of sp³-hybridized carbons (Fsp3) is 0.595. The number of carbonyl (C=O) groups is 1. The SMILES string of the molecule is C=CC(c1cc(N2CCNCC2)no1)C(C)C.CC.CC.CC.Cc1ncsc1-c1ccc([C@H](C)N(C)C(=O)[C@@H]2CC(O)CN2)cc1. The van der Waals surface area contributed by atoms with Crippen molar-refractivity contribution >= 4 is 23.1 Å². The summed E-state index contributed by atoms with van der Waals surface area (Å²) in [5.41, 5.74) is 5.14. The summed E-state index contributed by atoms with van der Waals surface area (Å²) in [6.07, 6.45) is 2.00. The van der Waals surface area contributed by atoms with Crippen LogP contribution in [0.1, 0.15) is 97.7 Å². The molecule has 47 heavy (non-hydrogen) atoms. The molecule has 5 rings (SSSR count). The van der Waals surface area contributed by atoms with Gasteiger partial charge in [0.05, 0.1) is 34.3 Å². The quantitative estimate of drug-likeness (QED) is 0.212. The third-order valence-electron chi connectivity index (χ3n) is 7.99. The zero-order chi connectivity index (χ0) is 35.5. The lowest BCUT2D eigenvalue weighted by Gasteiger charge is -2.28. The maximum absolute atomic E-state index is 12.5. The normalized spacial score (nSPS) is 18.1. The van der Waals surface area contributed by atoms with E-state index in [0.717, 1.165) is 54.6 Å². The molecule has 2 aliphatic heterocycles. The van der Waals surface area contributed by atoms with Crippen molar-refractivity contribution in [3.8, 4) is 10.4 Å². The first-order chi connectivity index (χ1) is 22.7. The predicted octanol–water partition coefficient (Wildman–Crippen LogP) is 7.45. The van der Waals surface area contributed by atoms with E-state index in [0.29, 0.717) is 18.9 Å². The van der Waals surface area contributed by atoms with Gasteiger partial charge in [0, 0.05) is 51.8 Å². The number of hydrogen-bond donors (Lipinski definition) is 3. The number of hydrogen-bond acceptors (Lipinski definition) is 9. The molecule has 3 aromatic rings. The first-order valence-corrected chi connectivity index (χ1v) is 18.3. The van der Waals surface area contributed by atoms with E-state index >= 15 is 0 Å². The van der Waals surface area contributed by atoms with Crippen LogP contribution in [0.15, 0.2) is 53.0 Å². The summed E-state index contributed by atoms with van der Waals surface area (Å²) in [7, 11) is 1.82. The van der Waals surface area contributed by atoms with Gasteiger partial charge in [0.15, 0.2) is 5.82 Å². The molecule has 4 heterocycles. The largest absolute Gasteiger partial charge is 0.392 e. The molecule has 0 aliphatic carbocycles. The van der Waals surface area contributed by atoms with E-state index in [-0.39, 0.29) is 23.9 Å². The summed E-state index contributed by atoms with van der Waals surface area (Å²) in [6, 6.07) is 10.1. The average Bonchev–Trinajstić information content (AvgIpc) is 3.89. The zero-order valence-corrected chi connectivity index (χ0v) is 31.7. The molecule has 2 aromatic heterocycles. The van der Waals surface area contributed by atoms with Gasteiger partial charge in [0.25, 0.3) is 0 Å². The molecule has 1 amide bonds. The lowest BCUT2D eigenvalue weighted by molar-refractivity contribution is -0.133. The summed E-state index contributed by atoms with van der Waals surface area (Å²) in [5.74, 6) is 2.63. The van der Waals surface area contributed by atoms with E-state index in [9.17, 15) is 9.90 Å². The number of piperazine rings is 1. The topological polar surface area (TPSA) is 107 Å². The highest BCUT2D eigenvalue weighted by Crippen LogP contribution is 2.30. The number of likely N-dealkylation sites (N-methyl/N-ethyl adjacent to an activating group) is 1. The van der Waals surface area contributed by atoms with E-state index < -0.39 is 6.10 Å². The van der Waals surface area contributed by atoms with E-state index in [4.69, 9.17) is 4.52 Å². The molecule has 10 heteroatoms. The molecule has 2 aliphatic rings. The standard InChI is InChI=1S/C18H23N3O2S.C13H21N3O.3C2H6/c1-11-17(24-10-20-11)14-6-4-13(5-7-14)12(2)21(3)18(23)16-8-15(22)9-19-16;1-4-11(10(2)3)12-9-13(15-17-12)16-7-5-14-6-8-16;3*1-2/h4-7,10,12,15-16,19,22H,8-9H2,1-3H3;4,9-11,14H,1,5-8H2,2-3H3;3*1-2H3/t12-,15?,16-;;;;/m0..../s1. The van der Waals surface area contributed by atoms with Gasteiger partial charge in [-0.2, -0.15) is 0 Å². The second-order valence-electron chi connectivity index (χ2n) is 11.2. The number of carbonyl (C=O) groups excluding carboxylic acids is 1.